The second kappa shape index (κ2) is 9.36. The first-order valence-electron chi connectivity index (χ1n) is 10.8. The van der Waals surface area contributed by atoms with Crippen LogP contribution >= 0.6 is 0 Å². The Balaban J connectivity index is 2.40. The van der Waals surface area contributed by atoms with E-state index in [1.807, 2.05) is 4.99 Å². The van der Waals surface area contributed by atoms with E-state index in [4.69, 9.17) is 0 Å². The van der Waals surface area contributed by atoms with Crippen LogP contribution in [-0.2, 0) is 17.4 Å². The van der Waals surface area contributed by atoms with Crippen LogP contribution in [0.4, 0.5) is 93.5 Å². The van der Waals surface area contributed by atoms with Crippen LogP contribution < -0.4 is 0 Å². The summed E-state index contributed by atoms with van der Waals surface area (Å²) >= 11 is 0. The van der Waals surface area contributed by atoms with Gasteiger partial charge >= 0.3 is 53.8 Å². The number of carbonyl (C=O) groups is 1. The number of Topliss-reactive ketones (excluding diaryl/α,β-unsaturated/α-hetero) is 1. The van der Waals surface area contributed by atoms with Crippen LogP contribution in [0.5, 0.6) is 0 Å². The summed E-state index contributed by atoms with van der Waals surface area (Å²) in [6, 6.07) is -0.976. The minimum Gasteiger partial charge on any atom is -0.507 e. The Kier molecular flexibility index (Phi) is 7.48. The molecule has 1 N–H and O–H groups in total. The van der Waals surface area contributed by atoms with Gasteiger partial charge in [0.05, 0.1) is 11.3 Å². The van der Waals surface area contributed by atoms with Gasteiger partial charge in [0.1, 0.15) is 5.76 Å². The maximum Gasteiger partial charge on any atom is 0.438 e. The Morgan fingerprint density at radius 1 is 0.659 bits per heavy atom. The third kappa shape index (κ3) is 4.41. The average Bonchev–Trinajstić information content (AvgIpc) is 2.83. The number of ketones is 1. The van der Waals surface area contributed by atoms with E-state index in [1.165, 1.54) is 0 Å². The van der Waals surface area contributed by atoms with Gasteiger partial charge in [-0.15, -0.1) is 0 Å². The second-order valence-corrected chi connectivity index (χ2v) is 9.16. The van der Waals surface area contributed by atoms with Crippen molar-refractivity contribution < 1.29 is 97.7 Å². The van der Waals surface area contributed by atoms with E-state index in [9.17, 15) is 93.3 Å². The first kappa shape index (κ1) is 35.2. The quantitative estimate of drug-likeness (QED) is 0.256. The van der Waals surface area contributed by atoms with Gasteiger partial charge in [-0.05, 0) is 30.5 Å². The molecule has 23 heteroatoms. The fourth-order valence-electron chi connectivity index (χ4n) is 4.27. The number of aliphatic hydroxyl groups is 1. The van der Waals surface area contributed by atoms with Gasteiger partial charge in [0.25, 0.3) is 0 Å². The number of aliphatic imine (C=N–C) groups is 1. The highest BCUT2D eigenvalue weighted by atomic mass is 19.4. The summed E-state index contributed by atoms with van der Waals surface area (Å²) < 4.78 is 272. The normalized spacial score (nSPS) is 23.5. The van der Waals surface area contributed by atoms with Crippen molar-refractivity contribution >= 4 is 22.9 Å². The topological polar surface area (TPSA) is 49.7 Å². The predicted octanol–water partition coefficient (Wildman–Crippen LogP) is 8.59. The van der Waals surface area contributed by atoms with E-state index < -0.39 is 124 Å². The molecule has 0 bridgehead atoms. The third-order valence-corrected chi connectivity index (χ3v) is 6.52. The number of carbonyl (C=O) groups excluding carboxylic acids is 1. The zero-order chi connectivity index (χ0) is 34.7. The maximum atomic E-state index is 15.2. The van der Waals surface area contributed by atoms with E-state index in [0.717, 1.165) is 0 Å². The number of allylic oxidation sites excluding steroid dienone is 1. The van der Waals surface area contributed by atoms with Crippen molar-refractivity contribution in [3.63, 3.8) is 0 Å². The second-order valence-electron chi connectivity index (χ2n) is 9.16. The molecule has 2 aliphatic rings. The van der Waals surface area contributed by atoms with Gasteiger partial charge in [0.2, 0.25) is 11.5 Å². The Morgan fingerprint density at radius 2 is 1.07 bits per heavy atom. The largest absolute Gasteiger partial charge is 0.507 e. The molecule has 0 radical (unpaired) electrons. The number of benzene rings is 1. The van der Waals surface area contributed by atoms with E-state index in [-0.39, 0.29) is 0 Å². The molecule has 1 aromatic carbocycles. The van der Waals surface area contributed by atoms with Crippen LogP contribution in [0.3, 0.4) is 0 Å². The van der Waals surface area contributed by atoms with Crippen molar-refractivity contribution in [1.29, 1.82) is 0 Å². The van der Waals surface area contributed by atoms with Crippen LogP contribution in [0.2, 0.25) is 0 Å². The Hall–Kier alpha value is -3.30. The highest BCUT2D eigenvalue weighted by Crippen LogP contribution is 2.70. The molecule has 2 aliphatic carbocycles. The van der Waals surface area contributed by atoms with Crippen LogP contribution in [0.25, 0.3) is 5.76 Å². The molecule has 0 heterocycles. The molecule has 1 aromatic rings. The molecule has 44 heavy (non-hydrogen) atoms. The van der Waals surface area contributed by atoms with Gasteiger partial charge in [-0.3, -0.25) is 4.79 Å². The molecule has 3 nitrogen and oxygen atoms in total. The molecule has 0 spiro atoms. The summed E-state index contributed by atoms with van der Waals surface area (Å²) in [4.78, 5) is 14.6. The van der Waals surface area contributed by atoms with Gasteiger partial charge < -0.3 is 5.11 Å². The fourth-order valence-corrected chi connectivity index (χ4v) is 4.27. The number of alkyl halides is 20. The smallest absolute Gasteiger partial charge is 0.438 e. The van der Waals surface area contributed by atoms with Gasteiger partial charge in [0.15, 0.2) is 0 Å². The lowest BCUT2D eigenvalue weighted by molar-refractivity contribution is -0.475. The number of hydrogen-bond donors (Lipinski definition) is 1. The van der Waals surface area contributed by atoms with Crippen molar-refractivity contribution in [2.45, 2.75) is 66.7 Å². The van der Waals surface area contributed by atoms with Crippen LogP contribution in [0.15, 0.2) is 22.7 Å². The third-order valence-electron chi connectivity index (χ3n) is 6.52. The molecule has 1 fully saturated rings. The number of hydrogen-bond acceptors (Lipinski definition) is 3. The van der Waals surface area contributed by atoms with Crippen LogP contribution in [0.1, 0.15) is 23.1 Å². The van der Waals surface area contributed by atoms with E-state index in [0.29, 0.717) is 0 Å². The first-order valence-corrected chi connectivity index (χ1v) is 10.8. The van der Waals surface area contributed by atoms with Gasteiger partial charge in [0, 0.05) is 11.1 Å². The molecule has 0 atom stereocenters. The lowest BCUT2D eigenvalue weighted by Gasteiger charge is -2.51. The SMILES string of the molecule is O=C(C1=C(O)c2cc(C(F)(F)F)cc(N=C(C(F)(F)F)C(F)(F)F)c2CC1)C1(F)C(F)(F)C(F)(F)C(F)(F)C(F)(F)C1(F)F. The highest BCUT2D eigenvalue weighted by molar-refractivity contribution is 6.09. The minimum atomic E-state index is -7.80. The minimum absolute atomic E-state index is 0.476. The zero-order valence-corrected chi connectivity index (χ0v) is 19.9. The number of nitrogens with zero attached hydrogens (tertiary/aromatic N) is 1. The summed E-state index contributed by atoms with van der Waals surface area (Å²) in [6.45, 7) is 0. The van der Waals surface area contributed by atoms with Crippen molar-refractivity contribution in [3.8, 4) is 0 Å². The molecule has 248 valence electrons. The molecule has 0 aliphatic heterocycles. The molecule has 0 aromatic heterocycles. The number of rotatable bonds is 3. The van der Waals surface area contributed by atoms with E-state index in [2.05, 4.69) is 0 Å². The van der Waals surface area contributed by atoms with Gasteiger partial charge in [-0.1, -0.05) is 0 Å². The summed E-state index contributed by atoms with van der Waals surface area (Å²) in [6.07, 6.45) is -22.2. The van der Waals surface area contributed by atoms with Gasteiger partial charge in [-0.25, -0.2) is 9.38 Å². The standard InChI is InChI=1S/C21H7F20NO2/c22-13(17(32,33)19(36,37)21(40,41)20(38,39)18(13,34)35)11(44)7-2-1-6-8(10(7)43)3-5(14(23,24)25)4-9(6)42-12(15(26,27)28)16(29,30)31/h3-4,43H,1-2H2. The molecular weight excluding hydrogens is 678 g/mol. The van der Waals surface area contributed by atoms with Crippen LogP contribution in [-0.4, -0.2) is 64.2 Å². The van der Waals surface area contributed by atoms with Crippen molar-refractivity contribution in [2.75, 3.05) is 0 Å². The van der Waals surface area contributed by atoms with Crippen molar-refractivity contribution in [1.82, 2.24) is 0 Å². The molecule has 1 saturated carbocycles. The van der Waals surface area contributed by atoms with Crippen LogP contribution in [0, 0.1) is 0 Å². The summed E-state index contributed by atoms with van der Waals surface area (Å²) in [5, 5.41) is 10.2. The predicted molar refractivity (Wildman–Crippen MR) is 102 cm³/mol. The Labute approximate surface area is 227 Å². The lowest BCUT2D eigenvalue weighted by atomic mass is 9.68. The van der Waals surface area contributed by atoms with Crippen molar-refractivity contribution in [2.24, 2.45) is 4.99 Å². The monoisotopic (exact) mass is 685 g/mol. The van der Waals surface area contributed by atoms with E-state index in [1.54, 1.807) is 0 Å². The molecule has 3 rings (SSSR count). The highest BCUT2D eigenvalue weighted by Gasteiger charge is 3.02. The molecule has 0 unspecified atom stereocenters. The Bertz CT molecular complexity index is 1400. The lowest BCUT2D eigenvalue weighted by Crippen LogP contribution is -2.85. The number of aliphatic hydroxyl groups excluding tert-OH is 1. The zero-order valence-electron chi connectivity index (χ0n) is 19.9. The average molecular weight is 685 g/mol. The summed E-state index contributed by atoms with van der Waals surface area (Å²) in [7, 11) is 0. The number of fused-ring (bicyclic) bond motifs is 1. The molecule has 0 saturated heterocycles. The van der Waals surface area contributed by atoms with Gasteiger partial charge in [-0.2, -0.15) is 83.4 Å². The summed E-state index contributed by atoms with van der Waals surface area (Å²) in [5.74, 6) is -45.4. The van der Waals surface area contributed by atoms with Crippen molar-refractivity contribution in [3.05, 3.63) is 34.4 Å². The Morgan fingerprint density at radius 3 is 1.45 bits per heavy atom. The molecular formula is C21H7F20NO2. The summed E-state index contributed by atoms with van der Waals surface area (Å²) in [5.41, 5.74) is -21.1. The molecule has 0 amide bonds. The number of halogens is 20. The maximum absolute atomic E-state index is 15.2. The fraction of sp³-hybridized carbons (Fsp3) is 0.524. The first-order chi connectivity index (χ1) is 19.2. The van der Waals surface area contributed by atoms with E-state index >= 15 is 4.39 Å².